The summed E-state index contributed by atoms with van der Waals surface area (Å²) in [7, 11) is 1.29. The largest absolute Gasteiger partial charge is 0.465 e. The van der Waals surface area contributed by atoms with E-state index in [9.17, 15) is 19.2 Å². The third kappa shape index (κ3) is 7.22. The van der Waals surface area contributed by atoms with E-state index < -0.39 is 11.9 Å². The average molecular weight is 555 g/mol. The minimum absolute atomic E-state index is 0.00811. The first-order valence-corrected chi connectivity index (χ1v) is 13.5. The van der Waals surface area contributed by atoms with Gasteiger partial charge >= 0.3 is 11.9 Å². The van der Waals surface area contributed by atoms with Crippen molar-refractivity contribution in [3.05, 3.63) is 63.9 Å². The molecule has 0 unspecified atom stereocenters. The maximum absolute atomic E-state index is 13.5. The molecule has 1 aliphatic rings. The van der Waals surface area contributed by atoms with Crippen LogP contribution in [-0.2, 0) is 25.5 Å². The lowest BCUT2D eigenvalue weighted by Gasteiger charge is -2.27. The second kappa shape index (κ2) is 13.4. The first-order valence-electron chi connectivity index (χ1n) is 12.5. The van der Waals surface area contributed by atoms with Crippen molar-refractivity contribution in [1.82, 2.24) is 14.5 Å². The number of methoxy groups -OCH3 is 1. The lowest BCUT2D eigenvalue weighted by atomic mass is 10.1. The number of anilines is 1. The highest BCUT2D eigenvalue weighted by Gasteiger charge is 2.18. The Kier molecular flexibility index (Phi) is 9.69. The van der Waals surface area contributed by atoms with Gasteiger partial charge in [0.1, 0.15) is 0 Å². The van der Waals surface area contributed by atoms with Crippen molar-refractivity contribution in [1.29, 1.82) is 0 Å². The number of morpholine rings is 1. The number of amides is 1. The Hall–Kier alpha value is -3.74. The summed E-state index contributed by atoms with van der Waals surface area (Å²) < 4.78 is 16.7. The summed E-state index contributed by atoms with van der Waals surface area (Å²) >= 11 is 1.13. The van der Waals surface area contributed by atoms with E-state index in [1.54, 1.807) is 41.8 Å². The van der Waals surface area contributed by atoms with Crippen LogP contribution in [0.5, 0.6) is 0 Å². The van der Waals surface area contributed by atoms with Crippen LogP contribution in [0.25, 0.3) is 10.9 Å². The van der Waals surface area contributed by atoms with Gasteiger partial charge in [-0.15, -0.1) is 0 Å². The van der Waals surface area contributed by atoms with Gasteiger partial charge < -0.3 is 19.5 Å². The number of aromatic nitrogens is 2. The van der Waals surface area contributed by atoms with Gasteiger partial charge in [-0.05, 0) is 49.4 Å². The Bertz CT molecular complexity index is 1400. The van der Waals surface area contributed by atoms with Gasteiger partial charge in [0.25, 0.3) is 5.56 Å². The molecule has 1 aromatic heterocycles. The number of carbonyl (C=O) groups is 3. The van der Waals surface area contributed by atoms with Crippen LogP contribution in [0.15, 0.2) is 52.4 Å². The molecule has 0 spiro atoms. The molecule has 0 atom stereocenters. The van der Waals surface area contributed by atoms with Crippen molar-refractivity contribution in [2.75, 3.05) is 57.6 Å². The van der Waals surface area contributed by atoms with Gasteiger partial charge in [-0.1, -0.05) is 11.8 Å². The van der Waals surface area contributed by atoms with Crippen molar-refractivity contribution in [2.24, 2.45) is 0 Å². The predicted molar refractivity (Wildman–Crippen MR) is 146 cm³/mol. The van der Waals surface area contributed by atoms with Gasteiger partial charge in [0.05, 0.1) is 54.7 Å². The molecule has 2 aromatic carbocycles. The average Bonchev–Trinajstić information content (AvgIpc) is 2.96. The molecule has 3 aromatic rings. The zero-order valence-electron chi connectivity index (χ0n) is 21.8. The normalized spacial score (nSPS) is 13.7. The van der Waals surface area contributed by atoms with Crippen molar-refractivity contribution < 1.29 is 28.6 Å². The molecule has 1 N–H and O–H groups in total. The van der Waals surface area contributed by atoms with E-state index in [1.165, 1.54) is 19.2 Å². The van der Waals surface area contributed by atoms with Gasteiger partial charge in [-0.2, -0.15) is 0 Å². The summed E-state index contributed by atoms with van der Waals surface area (Å²) in [5.74, 6) is -1.27. The fourth-order valence-corrected chi connectivity index (χ4v) is 4.88. The lowest BCUT2D eigenvalue weighted by Crippen LogP contribution is -2.39. The van der Waals surface area contributed by atoms with Crippen LogP contribution in [0.2, 0.25) is 0 Å². The third-order valence-corrected chi connectivity index (χ3v) is 7.07. The van der Waals surface area contributed by atoms with E-state index in [1.807, 2.05) is 0 Å². The molecule has 0 aliphatic carbocycles. The van der Waals surface area contributed by atoms with Crippen molar-refractivity contribution in [2.45, 2.75) is 18.6 Å². The van der Waals surface area contributed by atoms with Crippen molar-refractivity contribution >= 4 is 46.2 Å². The maximum atomic E-state index is 13.5. The zero-order chi connectivity index (χ0) is 27.8. The molecule has 1 saturated heterocycles. The van der Waals surface area contributed by atoms with E-state index in [-0.39, 0.29) is 29.4 Å². The van der Waals surface area contributed by atoms with Gasteiger partial charge in [-0.25, -0.2) is 14.6 Å². The van der Waals surface area contributed by atoms with Crippen molar-refractivity contribution in [3.63, 3.8) is 0 Å². The number of esters is 2. The van der Waals surface area contributed by atoms with E-state index in [2.05, 4.69) is 15.2 Å². The maximum Gasteiger partial charge on any atom is 0.338 e. The number of nitrogens with one attached hydrogen (secondary N) is 1. The van der Waals surface area contributed by atoms with Gasteiger partial charge in [0.15, 0.2) is 5.16 Å². The van der Waals surface area contributed by atoms with Crippen molar-refractivity contribution in [3.8, 4) is 0 Å². The summed E-state index contributed by atoms with van der Waals surface area (Å²) in [6.45, 7) is 5.86. The van der Waals surface area contributed by atoms with Gasteiger partial charge in [-0.3, -0.25) is 19.1 Å². The first-order chi connectivity index (χ1) is 18.9. The summed E-state index contributed by atoms with van der Waals surface area (Å²) in [5.41, 5.74) is 1.29. The quantitative estimate of drug-likeness (QED) is 0.227. The summed E-state index contributed by atoms with van der Waals surface area (Å²) in [5, 5.41) is 3.53. The second-order valence-corrected chi connectivity index (χ2v) is 9.61. The topological polar surface area (TPSA) is 129 Å². The highest BCUT2D eigenvalue weighted by Crippen LogP contribution is 2.20. The van der Waals surface area contributed by atoms with Crippen LogP contribution in [-0.4, -0.2) is 84.6 Å². The molecule has 1 amide bonds. The molecule has 1 aliphatic heterocycles. The van der Waals surface area contributed by atoms with E-state index in [4.69, 9.17) is 14.2 Å². The highest BCUT2D eigenvalue weighted by molar-refractivity contribution is 7.99. The molecule has 2 heterocycles. The van der Waals surface area contributed by atoms with E-state index in [0.29, 0.717) is 53.6 Å². The Morgan fingerprint density at radius 2 is 1.74 bits per heavy atom. The monoisotopic (exact) mass is 554 g/mol. The smallest absolute Gasteiger partial charge is 0.338 e. The number of carbonyl (C=O) groups excluding carboxylic acids is 3. The fraction of sp³-hybridized carbons (Fsp3) is 0.370. The van der Waals surface area contributed by atoms with Crippen LogP contribution in [0.4, 0.5) is 5.69 Å². The summed E-state index contributed by atoms with van der Waals surface area (Å²) in [6, 6.07) is 11.0. The van der Waals surface area contributed by atoms with Gasteiger partial charge in [0, 0.05) is 31.9 Å². The molecule has 11 nitrogen and oxygen atoms in total. The van der Waals surface area contributed by atoms with E-state index in [0.717, 1.165) is 24.9 Å². The Balaban J connectivity index is 1.53. The predicted octanol–water partition coefficient (Wildman–Crippen LogP) is 2.42. The van der Waals surface area contributed by atoms with Crippen LogP contribution < -0.4 is 10.9 Å². The minimum Gasteiger partial charge on any atom is -0.465 e. The summed E-state index contributed by atoms with van der Waals surface area (Å²) in [4.78, 5) is 56.9. The molecule has 0 saturated carbocycles. The Labute approximate surface area is 229 Å². The van der Waals surface area contributed by atoms with Crippen LogP contribution in [0.3, 0.4) is 0 Å². The van der Waals surface area contributed by atoms with E-state index >= 15 is 0 Å². The van der Waals surface area contributed by atoms with Crippen LogP contribution >= 0.6 is 11.8 Å². The van der Waals surface area contributed by atoms with Crippen LogP contribution in [0.1, 0.15) is 27.6 Å². The molecule has 1 fully saturated rings. The first kappa shape index (κ1) is 28.3. The molecule has 4 rings (SSSR count). The molecular formula is C27H30N4O7S. The molecular weight excluding hydrogens is 524 g/mol. The lowest BCUT2D eigenvalue weighted by molar-refractivity contribution is -0.113. The summed E-state index contributed by atoms with van der Waals surface area (Å²) in [6.07, 6.45) is 0. The van der Waals surface area contributed by atoms with Crippen LogP contribution in [0, 0.1) is 0 Å². The fourth-order valence-electron chi connectivity index (χ4n) is 4.05. The number of ether oxygens (including phenoxy) is 3. The standard InChI is InChI=1S/C27H30N4O7S/c1-3-38-26(35)18-4-7-20(8-5-18)28-23(32)17-39-27-29-22-16-19(25(34)36-2)6-9-21(22)24(33)31(27)11-10-30-12-14-37-15-13-30/h4-9,16H,3,10-15,17H2,1-2H3,(H,28,32). The Morgan fingerprint density at radius 1 is 1.03 bits per heavy atom. The minimum atomic E-state index is -0.530. The zero-order valence-corrected chi connectivity index (χ0v) is 22.6. The number of hydrogen-bond acceptors (Lipinski definition) is 10. The number of nitrogens with zero attached hydrogens (tertiary/aromatic N) is 3. The van der Waals surface area contributed by atoms with Gasteiger partial charge in [0.2, 0.25) is 5.91 Å². The molecule has 206 valence electrons. The SMILES string of the molecule is CCOC(=O)c1ccc(NC(=O)CSc2nc3cc(C(=O)OC)ccc3c(=O)n2CCN2CCOCC2)cc1. The molecule has 0 radical (unpaired) electrons. The number of thioether (sulfide) groups is 1. The number of hydrogen-bond donors (Lipinski definition) is 1. The third-order valence-electron chi connectivity index (χ3n) is 6.10. The molecule has 12 heteroatoms. The number of benzene rings is 2. The number of rotatable bonds is 10. The molecule has 0 bridgehead atoms. The highest BCUT2D eigenvalue weighted by atomic mass is 32.2. The molecule has 39 heavy (non-hydrogen) atoms. The number of fused-ring (bicyclic) bond motifs is 1. The second-order valence-electron chi connectivity index (χ2n) is 8.66. The Morgan fingerprint density at radius 3 is 2.44 bits per heavy atom.